The van der Waals surface area contributed by atoms with Crippen LogP contribution in [0.5, 0.6) is 5.75 Å². The lowest BCUT2D eigenvalue weighted by molar-refractivity contribution is 0.0689. The van der Waals surface area contributed by atoms with Gasteiger partial charge in [0.05, 0.1) is 50.8 Å². The molecule has 0 fully saturated rings. The standard InChI is InChI=1S/C14H16F2INO2.C14H14INO2.C12H12F2INO.C7H2ClF2IO.C7H3F2IO2/c1-8(6-18-14(2,3)7-19)13(20)10-4-9(17)5-11(15)12(10)16;1-8-6-16-12-10(13(8)17)4-9(15)5-11(12)18-7-14(16,2)3;1-7(6-16(2)3)12(17)9-4-8(15)5-10(13)11(9)14;8-7(12)4-1-3(11)2-5(9)6(4)10;8-5-2-3(10)1-4(6(5)9)7(11)12/h4-6,18-19H,7H2,1-3H3;4-6H,7H2,1-3H3;4-6H,1-3H3;1-2H;1-2H,(H,11,12). The van der Waals surface area contributed by atoms with E-state index in [1.807, 2.05) is 70.4 Å². The van der Waals surface area contributed by atoms with Crippen LogP contribution in [0.2, 0.25) is 0 Å². The van der Waals surface area contributed by atoms with Crippen molar-refractivity contribution in [3.05, 3.63) is 193 Å². The number of carbonyl (C=O) groups is 4. The molecule has 0 amide bonds. The Kier molecular flexibility index (Phi) is 26.2. The molecular formula is C54H47ClF8I5N3O8. The lowest BCUT2D eigenvalue weighted by atomic mass is 10.0. The van der Waals surface area contributed by atoms with Crippen molar-refractivity contribution in [2.24, 2.45) is 0 Å². The summed E-state index contributed by atoms with van der Waals surface area (Å²) in [5.41, 5.74) is 0.0572. The van der Waals surface area contributed by atoms with Gasteiger partial charge in [-0.25, -0.2) is 39.9 Å². The van der Waals surface area contributed by atoms with E-state index in [4.69, 9.17) is 26.6 Å². The third kappa shape index (κ3) is 19.3. The number of aliphatic hydroxyl groups is 1. The molecule has 2 heterocycles. The highest BCUT2D eigenvalue weighted by Gasteiger charge is 2.30. The average Bonchev–Trinajstić information content (AvgIpc) is 3.44. The van der Waals surface area contributed by atoms with Crippen LogP contribution in [0.4, 0.5) is 35.1 Å². The summed E-state index contributed by atoms with van der Waals surface area (Å²) in [7, 11) is 3.50. The molecule has 0 aliphatic carbocycles. The van der Waals surface area contributed by atoms with Crippen LogP contribution < -0.4 is 15.5 Å². The van der Waals surface area contributed by atoms with E-state index in [9.17, 15) is 59.1 Å². The largest absolute Gasteiger partial charge is 0.489 e. The number of allylic oxidation sites excluding steroid dienone is 2. The lowest BCUT2D eigenvalue weighted by Crippen LogP contribution is -2.39. The maximum absolute atomic E-state index is 13.6. The molecule has 5 aromatic carbocycles. The normalized spacial score (nSPS) is 12.5. The number of ketones is 2. The Bertz CT molecular complexity index is 3400. The van der Waals surface area contributed by atoms with Gasteiger partial charge in [-0.3, -0.25) is 19.2 Å². The van der Waals surface area contributed by atoms with Crippen molar-refractivity contribution in [2.45, 2.75) is 59.5 Å². The molecule has 1 aliphatic rings. The van der Waals surface area contributed by atoms with Gasteiger partial charge in [-0.1, -0.05) is 0 Å². The van der Waals surface area contributed by atoms with Crippen LogP contribution >= 0.6 is 125 Å². The number of Topliss-reactive ketones (excluding diaryl/α,β-unsaturated/α-hetero) is 2. The summed E-state index contributed by atoms with van der Waals surface area (Å²) in [4.78, 5) is 58.8. The van der Waals surface area contributed by atoms with E-state index < -0.39 is 86.0 Å². The van der Waals surface area contributed by atoms with Crippen LogP contribution in [0.1, 0.15) is 88.5 Å². The molecule has 1 aromatic heterocycles. The van der Waals surface area contributed by atoms with E-state index in [-0.39, 0.29) is 34.3 Å². The molecule has 424 valence electrons. The minimum Gasteiger partial charge on any atom is -0.489 e. The summed E-state index contributed by atoms with van der Waals surface area (Å²) >= 11 is 14.4. The number of carboxylic acids is 1. The molecule has 0 radical (unpaired) electrons. The Balaban J connectivity index is 0.000000263. The fourth-order valence-corrected chi connectivity index (χ4v) is 9.65. The highest BCUT2D eigenvalue weighted by molar-refractivity contribution is 14.1. The molecule has 11 nitrogen and oxygen atoms in total. The van der Waals surface area contributed by atoms with Crippen LogP contribution in [0, 0.1) is 71.3 Å². The number of ether oxygens (including phenoxy) is 1. The number of rotatable bonds is 10. The van der Waals surface area contributed by atoms with Crippen molar-refractivity contribution < 1.29 is 69.3 Å². The van der Waals surface area contributed by atoms with Gasteiger partial charge in [0.15, 0.2) is 63.5 Å². The average molecular weight is 1690 g/mol. The number of benzene rings is 5. The highest BCUT2D eigenvalue weighted by atomic mass is 127. The van der Waals surface area contributed by atoms with Gasteiger partial charge in [-0.15, -0.1) is 0 Å². The Hall–Kier alpha value is -3.99. The summed E-state index contributed by atoms with van der Waals surface area (Å²) in [6.45, 7) is 13.2. The summed E-state index contributed by atoms with van der Waals surface area (Å²) < 4.78 is 115. The van der Waals surface area contributed by atoms with Gasteiger partial charge >= 0.3 is 5.97 Å². The molecule has 0 saturated carbocycles. The van der Waals surface area contributed by atoms with Crippen molar-refractivity contribution in [3.8, 4) is 5.75 Å². The molecule has 0 bridgehead atoms. The fourth-order valence-electron chi connectivity index (χ4n) is 6.58. The van der Waals surface area contributed by atoms with Crippen molar-refractivity contribution in [2.75, 3.05) is 27.3 Å². The Morgan fingerprint density at radius 2 is 1.09 bits per heavy atom. The predicted octanol–water partition coefficient (Wildman–Crippen LogP) is 14.5. The first-order chi connectivity index (χ1) is 36.4. The number of hydrogen-bond acceptors (Lipinski definition) is 9. The Labute approximate surface area is 522 Å². The van der Waals surface area contributed by atoms with Crippen molar-refractivity contribution >= 4 is 158 Å². The third-order valence-electron chi connectivity index (χ3n) is 10.6. The molecule has 25 heteroatoms. The van der Waals surface area contributed by atoms with E-state index in [2.05, 4.69) is 46.3 Å². The molecule has 0 saturated heterocycles. The van der Waals surface area contributed by atoms with Crippen LogP contribution in [0.3, 0.4) is 0 Å². The predicted molar refractivity (Wildman–Crippen MR) is 328 cm³/mol. The number of pyridine rings is 1. The van der Waals surface area contributed by atoms with E-state index in [1.54, 1.807) is 91.1 Å². The molecular weight excluding hydrogens is 1640 g/mol. The molecule has 1 aliphatic heterocycles. The van der Waals surface area contributed by atoms with Gasteiger partial charge in [-0.05, 0) is 234 Å². The third-order valence-corrected chi connectivity index (χ3v) is 13.9. The molecule has 0 atom stereocenters. The van der Waals surface area contributed by atoms with Gasteiger partial charge in [0.25, 0.3) is 5.24 Å². The topological polar surface area (TPSA) is 155 Å². The zero-order valence-corrected chi connectivity index (χ0v) is 54.5. The molecule has 6 aromatic rings. The second-order valence-corrected chi connectivity index (χ2v) is 25.0. The number of aromatic nitrogens is 1. The number of aryl methyl sites for hydroxylation is 1. The van der Waals surface area contributed by atoms with Crippen molar-refractivity contribution in [3.63, 3.8) is 0 Å². The quantitative estimate of drug-likeness (QED) is 0.0301. The number of carboxylic acid groups (broad SMARTS) is 1. The van der Waals surface area contributed by atoms with Gasteiger partial charge in [0, 0.05) is 67.3 Å². The highest BCUT2D eigenvalue weighted by Crippen LogP contribution is 2.36. The van der Waals surface area contributed by atoms with Crippen LogP contribution in [0.15, 0.2) is 95.2 Å². The fraction of sp³-hybridized carbons (Fsp3) is 0.241. The summed E-state index contributed by atoms with van der Waals surface area (Å²) in [5.74, 6) is -10.8. The van der Waals surface area contributed by atoms with Gasteiger partial charge < -0.3 is 29.7 Å². The molecule has 3 N–H and O–H groups in total. The number of hydrogen-bond donors (Lipinski definition) is 3. The zero-order valence-electron chi connectivity index (χ0n) is 42.9. The van der Waals surface area contributed by atoms with Crippen LogP contribution in [-0.2, 0) is 5.54 Å². The Morgan fingerprint density at radius 1 is 0.696 bits per heavy atom. The van der Waals surface area contributed by atoms with E-state index in [0.29, 0.717) is 26.5 Å². The van der Waals surface area contributed by atoms with Crippen LogP contribution in [-0.4, -0.2) is 75.3 Å². The summed E-state index contributed by atoms with van der Waals surface area (Å²) in [5, 5.41) is 20.1. The number of nitrogens with one attached hydrogen (secondary N) is 1. The minimum atomic E-state index is -1.47. The second kappa shape index (κ2) is 29.8. The molecule has 0 spiro atoms. The molecule has 7 rings (SSSR count). The maximum Gasteiger partial charge on any atom is 0.338 e. The first-order valence-electron chi connectivity index (χ1n) is 22.4. The van der Waals surface area contributed by atoms with E-state index in [0.717, 1.165) is 56.1 Å². The Morgan fingerprint density at radius 3 is 1.51 bits per heavy atom. The lowest BCUT2D eigenvalue weighted by Gasteiger charge is -2.35. The SMILES string of the molecule is CC(=CN(C)C)C(=O)c1cc(I)cc(F)c1F.CC(=CNC(C)(C)CO)C(=O)c1cc(I)cc(F)c1F.Cc1cn2c3c(cc(I)cc3c1=O)OCC2(C)C.O=C(Cl)c1cc(I)cc(F)c1F.O=C(O)c1cc(I)cc(F)c1F. The van der Waals surface area contributed by atoms with Gasteiger partial charge in [-0.2, -0.15) is 0 Å². The number of carbonyl (C=O) groups excluding carboxylic acids is 3. The first-order valence-corrected chi connectivity index (χ1v) is 28.2. The number of halogens is 14. The monoisotopic (exact) mass is 1690 g/mol. The number of aromatic carboxylic acids is 1. The second-order valence-electron chi connectivity index (χ2n) is 18.4. The van der Waals surface area contributed by atoms with Crippen molar-refractivity contribution in [1.82, 2.24) is 14.8 Å². The van der Waals surface area contributed by atoms with E-state index in [1.165, 1.54) is 31.3 Å². The molecule has 0 unspecified atom stereocenters. The summed E-state index contributed by atoms with van der Waals surface area (Å²) in [6, 6.07) is 12.8. The van der Waals surface area contributed by atoms with Gasteiger partial charge in [0.1, 0.15) is 12.4 Å². The number of aliphatic hydroxyl groups excluding tert-OH is 1. The molecule has 79 heavy (non-hydrogen) atoms. The maximum atomic E-state index is 13.6. The summed E-state index contributed by atoms with van der Waals surface area (Å²) in [6.07, 6.45) is 4.92. The first kappa shape index (κ1) is 69.3. The number of nitrogens with zero attached hydrogens (tertiary/aromatic N) is 2. The zero-order chi connectivity index (χ0) is 60.3. The van der Waals surface area contributed by atoms with E-state index >= 15 is 0 Å². The van der Waals surface area contributed by atoms with Gasteiger partial charge in [0.2, 0.25) is 0 Å². The van der Waals surface area contributed by atoms with Crippen LogP contribution in [0.25, 0.3) is 10.9 Å². The van der Waals surface area contributed by atoms with Crippen molar-refractivity contribution in [1.29, 1.82) is 0 Å². The smallest absolute Gasteiger partial charge is 0.338 e. The minimum absolute atomic E-state index is 0.0994.